The fraction of sp³-hybridized carbons (Fsp3) is 0.250. The Morgan fingerprint density at radius 1 is 1.17 bits per heavy atom. The van der Waals surface area contributed by atoms with E-state index < -0.39 is 30.0 Å². The number of nitrogens with one attached hydrogen (secondary N) is 2. The molecule has 0 aliphatic rings. The standard InChI is InChI=1S/C24H24ClFN4O5.Li/c1-30(23(33)28-13-17-7-4-8-19(26)22(17)25)18(9-10-21(31)32)14-35-24(34)29-20-11-15-5-2-3-6-16(15)12-27-20;/h2-8,11-12,18H,9-10,13-14H2,1H3,(H,28,33)(H,31,32)(H,27,29,34);/q;+1/p-1/t18-;/m0./s1. The van der Waals surface area contributed by atoms with Gasteiger partial charge in [0.05, 0.1) is 11.1 Å². The fourth-order valence-electron chi connectivity index (χ4n) is 3.28. The molecule has 0 aliphatic carbocycles. The van der Waals surface area contributed by atoms with Gasteiger partial charge in [-0.1, -0.05) is 48.0 Å². The van der Waals surface area contributed by atoms with E-state index in [1.54, 1.807) is 18.3 Å². The quantitative estimate of drug-likeness (QED) is 0.401. The van der Waals surface area contributed by atoms with Gasteiger partial charge >= 0.3 is 31.0 Å². The molecule has 184 valence electrons. The summed E-state index contributed by atoms with van der Waals surface area (Å²) in [4.78, 5) is 41.2. The summed E-state index contributed by atoms with van der Waals surface area (Å²) in [7, 11) is 1.43. The predicted octanol–water partition coefficient (Wildman–Crippen LogP) is 0.320. The molecule has 1 heterocycles. The van der Waals surface area contributed by atoms with Gasteiger partial charge in [0, 0.05) is 31.1 Å². The van der Waals surface area contributed by atoms with Gasteiger partial charge in [0.2, 0.25) is 0 Å². The summed E-state index contributed by atoms with van der Waals surface area (Å²) < 4.78 is 18.8. The molecule has 3 rings (SSSR count). The molecule has 0 saturated carbocycles. The normalized spacial score (nSPS) is 11.2. The molecule has 2 N–H and O–H groups in total. The SMILES string of the molecule is CN(C(=O)NCc1cccc(F)c1Cl)[C@@H](CCC(=O)[O-])COC(=O)Nc1cc2ccccc2cn1.[Li+]. The van der Waals surface area contributed by atoms with E-state index in [4.69, 9.17) is 16.3 Å². The van der Waals surface area contributed by atoms with Crippen molar-refractivity contribution in [2.45, 2.75) is 25.4 Å². The zero-order valence-electron chi connectivity index (χ0n) is 19.8. The third-order valence-electron chi connectivity index (χ3n) is 5.28. The van der Waals surface area contributed by atoms with Crippen molar-refractivity contribution in [2.24, 2.45) is 0 Å². The van der Waals surface area contributed by atoms with Crippen molar-refractivity contribution in [3.63, 3.8) is 0 Å². The van der Waals surface area contributed by atoms with Crippen molar-refractivity contribution in [3.8, 4) is 0 Å². The third-order valence-corrected chi connectivity index (χ3v) is 5.70. The van der Waals surface area contributed by atoms with Crippen LogP contribution in [0.4, 0.5) is 19.8 Å². The second-order valence-corrected chi connectivity index (χ2v) is 8.07. The number of aliphatic carboxylic acids is 1. The van der Waals surface area contributed by atoms with E-state index in [2.05, 4.69) is 15.6 Å². The van der Waals surface area contributed by atoms with E-state index in [1.165, 1.54) is 24.1 Å². The number of urea groups is 1. The number of ether oxygens (including phenoxy) is 1. The van der Waals surface area contributed by atoms with Crippen LogP contribution < -0.4 is 34.6 Å². The van der Waals surface area contributed by atoms with E-state index in [-0.39, 0.29) is 55.7 Å². The number of fused-ring (bicyclic) bond motifs is 1. The average Bonchev–Trinajstić information content (AvgIpc) is 2.84. The van der Waals surface area contributed by atoms with Crippen molar-refractivity contribution in [3.05, 3.63) is 71.1 Å². The first kappa shape index (κ1) is 28.9. The Morgan fingerprint density at radius 2 is 1.89 bits per heavy atom. The van der Waals surface area contributed by atoms with Crippen molar-refractivity contribution in [2.75, 3.05) is 19.0 Å². The van der Waals surface area contributed by atoms with Crippen LogP contribution in [0.5, 0.6) is 0 Å². The second kappa shape index (κ2) is 13.7. The third kappa shape index (κ3) is 8.12. The van der Waals surface area contributed by atoms with Gasteiger partial charge in [-0.15, -0.1) is 0 Å². The molecule has 1 aromatic heterocycles. The second-order valence-electron chi connectivity index (χ2n) is 7.69. The van der Waals surface area contributed by atoms with Gasteiger partial charge in [0.1, 0.15) is 18.2 Å². The number of anilines is 1. The van der Waals surface area contributed by atoms with E-state index >= 15 is 0 Å². The summed E-state index contributed by atoms with van der Waals surface area (Å²) >= 11 is 5.90. The Bertz CT molecular complexity index is 1230. The number of hydrogen-bond acceptors (Lipinski definition) is 6. The minimum atomic E-state index is -1.31. The molecule has 3 amide bonds. The van der Waals surface area contributed by atoms with E-state index in [0.717, 1.165) is 10.8 Å². The van der Waals surface area contributed by atoms with Crippen LogP contribution in [0, 0.1) is 5.82 Å². The number of aromatic nitrogens is 1. The number of carboxylic acids is 1. The number of rotatable bonds is 9. The molecular weight excluding hydrogens is 486 g/mol. The average molecular weight is 509 g/mol. The summed E-state index contributed by atoms with van der Waals surface area (Å²) in [5.74, 6) is -1.64. The smallest absolute Gasteiger partial charge is 0.550 e. The first-order chi connectivity index (χ1) is 16.7. The maximum absolute atomic E-state index is 13.6. The molecule has 3 aromatic rings. The van der Waals surface area contributed by atoms with E-state index in [9.17, 15) is 23.9 Å². The van der Waals surface area contributed by atoms with Crippen LogP contribution in [0.15, 0.2) is 54.7 Å². The predicted molar refractivity (Wildman–Crippen MR) is 126 cm³/mol. The molecule has 0 bridgehead atoms. The molecule has 0 saturated heterocycles. The first-order valence-electron chi connectivity index (χ1n) is 10.7. The molecule has 12 heteroatoms. The van der Waals surface area contributed by atoms with Crippen molar-refractivity contribution in [1.29, 1.82) is 0 Å². The van der Waals surface area contributed by atoms with Crippen LogP contribution in [0.25, 0.3) is 10.8 Å². The van der Waals surface area contributed by atoms with Crippen molar-refractivity contribution >= 4 is 46.3 Å². The number of carboxylic acid groups (broad SMARTS) is 1. The van der Waals surface area contributed by atoms with Gasteiger partial charge < -0.3 is 24.9 Å². The van der Waals surface area contributed by atoms with Crippen LogP contribution in [-0.4, -0.2) is 47.7 Å². The molecule has 0 fully saturated rings. The molecule has 36 heavy (non-hydrogen) atoms. The van der Waals surface area contributed by atoms with Gasteiger partial charge in [-0.05, 0) is 35.9 Å². The number of likely N-dealkylation sites (N-methyl/N-ethyl adjacent to an activating group) is 1. The largest absolute Gasteiger partial charge is 1.00 e. The van der Waals surface area contributed by atoms with E-state index in [1.807, 2.05) is 24.3 Å². The topological polar surface area (TPSA) is 124 Å². The first-order valence-corrected chi connectivity index (χ1v) is 11.0. The molecule has 0 aliphatic heterocycles. The molecule has 1 atom stereocenters. The van der Waals surface area contributed by atoms with Gasteiger partial charge in [-0.3, -0.25) is 5.32 Å². The van der Waals surface area contributed by atoms with Crippen LogP contribution in [0.2, 0.25) is 5.02 Å². The maximum Gasteiger partial charge on any atom is 1.00 e. The van der Waals surface area contributed by atoms with Crippen LogP contribution in [0.3, 0.4) is 0 Å². The zero-order valence-corrected chi connectivity index (χ0v) is 20.5. The minimum absolute atomic E-state index is 0. The molecule has 0 spiro atoms. The number of carbonyl (C=O) groups excluding carboxylic acids is 3. The Balaban J connectivity index is 0.00000456. The number of benzene rings is 2. The Labute approximate surface area is 224 Å². The molecule has 2 aromatic carbocycles. The van der Waals surface area contributed by atoms with E-state index in [0.29, 0.717) is 5.56 Å². The van der Waals surface area contributed by atoms with Crippen molar-refractivity contribution in [1.82, 2.24) is 15.2 Å². The minimum Gasteiger partial charge on any atom is -0.550 e. The molecule has 0 radical (unpaired) electrons. The Kier molecular flexibility index (Phi) is 11.0. The molecular formula is C24H23ClFLiN4O5. The molecule has 0 unspecified atom stereocenters. The summed E-state index contributed by atoms with van der Waals surface area (Å²) in [6.07, 6.45) is 0.423. The van der Waals surface area contributed by atoms with Crippen molar-refractivity contribution < 1.29 is 47.5 Å². The van der Waals surface area contributed by atoms with Gasteiger partial charge in [0.15, 0.2) is 0 Å². The summed E-state index contributed by atoms with van der Waals surface area (Å²) in [6.45, 7) is -0.334. The number of pyridine rings is 1. The maximum atomic E-state index is 13.6. The Hall–Kier alpha value is -3.32. The van der Waals surface area contributed by atoms with Crippen LogP contribution in [-0.2, 0) is 16.1 Å². The summed E-state index contributed by atoms with van der Waals surface area (Å²) in [6, 6.07) is 12.0. The van der Waals surface area contributed by atoms with Gasteiger partial charge in [-0.25, -0.2) is 19.0 Å². The van der Waals surface area contributed by atoms with Gasteiger partial charge in [-0.2, -0.15) is 0 Å². The monoisotopic (exact) mass is 508 g/mol. The van der Waals surface area contributed by atoms with Gasteiger partial charge in [0.25, 0.3) is 0 Å². The number of halogens is 2. The zero-order chi connectivity index (χ0) is 25.4. The number of amides is 3. The number of carbonyl (C=O) groups is 3. The number of hydrogen-bond donors (Lipinski definition) is 2. The molecule has 9 nitrogen and oxygen atoms in total. The number of nitrogens with zero attached hydrogens (tertiary/aromatic N) is 2. The fourth-order valence-corrected chi connectivity index (χ4v) is 3.48. The summed E-state index contributed by atoms with van der Waals surface area (Å²) in [5, 5.41) is 17.7. The van der Waals surface area contributed by atoms with Crippen LogP contribution in [0.1, 0.15) is 18.4 Å². The Morgan fingerprint density at radius 3 is 2.61 bits per heavy atom. The van der Waals surface area contributed by atoms with Crippen LogP contribution >= 0.6 is 11.6 Å². The summed E-state index contributed by atoms with van der Waals surface area (Å²) in [5.41, 5.74) is 0.373.